The fraction of sp³-hybridized carbons (Fsp3) is 0.909. The molecule has 0 aliphatic carbocycles. The minimum absolute atomic E-state index is 0.148. The van der Waals surface area contributed by atoms with Crippen LogP contribution >= 0.6 is 0 Å². The van der Waals surface area contributed by atoms with E-state index in [0.29, 0.717) is 26.2 Å². The molecule has 0 bridgehead atoms. The number of nitrogens with two attached hydrogens (primary N) is 1. The zero-order valence-corrected chi connectivity index (χ0v) is 12.6. The van der Waals surface area contributed by atoms with Crippen LogP contribution in [0.1, 0.15) is 20.8 Å². The first-order valence-electron chi connectivity index (χ1n) is 5.93. The average molecular weight is 262 g/mol. The van der Waals surface area contributed by atoms with Gasteiger partial charge < -0.3 is 20.2 Å². The molecule has 6 heteroatoms. The van der Waals surface area contributed by atoms with Crippen molar-refractivity contribution in [2.24, 2.45) is 5.73 Å². The van der Waals surface area contributed by atoms with Crippen molar-refractivity contribution < 1.29 is 14.3 Å². The number of hydrogen-bond donors (Lipinski definition) is 2. The third kappa shape index (κ3) is 5.52. The lowest BCUT2D eigenvalue weighted by Crippen LogP contribution is -2.44. The van der Waals surface area contributed by atoms with Gasteiger partial charge in [-0.05, 0) is 18.1 Å². The Morgan fingerprint density at radius 2 is 1.88 bits per heavy atom. The largest absolute Gasteiger partial charge is 0.465 e. The summed E-state index contributed by atoms with van der Waals surface area (Å²) >= 11 is 0. The molecule has 0 saturated heterocycles. The van der Waals surface area contributed by atoms with Crippen molar-refractivity contribution in [1.82, 2.24) is 4.90 Å². The smallest absolute Gasteiger partial charge is 0.407 e. The van der Waals surface area contributed by atoms with E-state index in [9.17, 15) is 4.79 Å². The first-order valence-corrected chi connectivity index (χ1v) is 8.84. The highest BCUT2D eigenvalue weighted by Crippen LogP contribution is 2.36. The first-order chi connectivity index (χ1) is 7.62. The predicted molar refractivity (Wildman–Crippen MR) is 71.8 cm³/mol. The molecular formula is C11H26N2O3Si. The number of nitrogens with zero attached hydrogens (tertiary/aromatic N) is 1. The monoisotopic (exact) mass is 262 g/mol. The van der Waals surface area contributed by atoms with E-state index in [1.807, 2.05) is 0 Å². The molecular weight excluding hydrogens is 236 g/mol. The van der Waals surface area contributed by atoms with Crippen molar-refractivity contribution in [1.29, 1.82) is 0 Å². The molecule has 0 aromatic carbocycles. The zero-order valence-electron chi connectivity index (χ0n) is 11.6. The van der Waals surface area contributed by atoms with Crippen LogP contribution in [0, 0.1) is 0 Å². The number of rotatable bonds is 6. The van der Waals surface area contributed by atoms with Gasteiger partial charge in [0, 0.05) is 19.6 Å². The van der Waals surface area contributed by atoms with Crippen molar-refractivity contribution in [3.8, 4) is 0 Å². The summed E-state index contributed by atoms with van der Waals surface area (Å²) in [6.07, 6.45) is -0.936. The van der Waals surface area contributed by atoms with Gasteiger partial charge in [0.25, 0.3) is 0 Å². The molecule has 0 aliphatic heterocycles. The van der Waals surface area contributed by atoms with E-state index in [-0.39, 0.29) is 5.04 Å². The van der Waals surface area contributed by atoms with Gasteiger partial charge in [0.15, 0.2) is 8.32 Å². The van der Waals surface area contributed by atoms with Crippen LogP contribution in [0.15, 0.2) is 0 Å². The van der Waals surface area contributed by atoms with Crippen LogP contribution in [0.3, 0.4) is 0 Å². The van der Waals surface area contributed by atoms with E-state index >= 15 is 0 Å². The average Bonchev–Trinajstić information content (AvgIpc) is 2.14. The predicted octanol–water partition coefficient (Wildman–Crippen LogP) is 1.95. The Balaban J connectivity index is 4.17. The summed E-state index contributed by atoms with van der Waals surface area (Å²) < 4.78 is 5.91. The van der Waals surface area contributed by atoms with Crippen molar-refractivity contribution in [3.05, 3.63) is 0 Å². The lowest BCUT2D eigenvalue weighted by Gasteiger charge is -2.36. The van der Waals surface area contributed by atoms with Gasteiger partial charge in [-0.1, -0.05) is 20.8 Å². The summed E-state index contributed by atoms with van der Waals surface area (Å²) in [5, 5.41) is 9.07. The summed E-state index contributed by atoms with van der Waals surface area (Å²) in [6, 6.07) is 0. The Morgan fingerprint density at radius 3 is 2.24 bits per heavy atom. The molecule has 0 unspecified atom stereocenters. The summed E-state index contributed by atoms with van der Waals surface area (Å²) in [5.74, 6) is 0. The Hall–Kier alpha value is -0.593. The molecule has 0 radical (unpaired) electrons. The van der Waals surface area contributed by atoms with Gasteiger partial charge in [0.05, 0.1) is 6.61 Å². The molecule has 0 saturated carbocycles. The fourth-order valence-corrected chi connectivity index (χ4v) is 2.12. The summed E-state index contributed by atoms with van der Waals surface area (Å²) in [5.41, 5.74) is 5.36. The van der Waals surface area contributed by atoms with Crippen LogP contribution in [0.4, 0.5) is 4.79 Å². The van der Waals surface area contributed by atoms with Crippen LogP contribution < -0.4 is 5.73 Å². The minimum Gasteiger partial charge on any atom is -0.465 e. The lowest BCUT2D eigenvalue weighted by molar-refractivity contribution is 0.134. The second kappa shape index (κ2) is 6.37. The highest BCUT2D eigenvalue weighted by atomic mass is 28.4. The quantitative estimate of drug-likeness (QED) is 0.717. The molecule has 0 aromatic heterocycles. The molecule has 102 valence electrons. The van der Waals surface area contributed by atoms with Crippen molar-refractivity contribution >= 4 is 14.4 Å². The third-order valence-corrected chi connectivity index (χ3v) is 7.84. The van der Waals surface area contributed by atoms with Gasteiger partial charge in [-0.2, -0.15) is 0 Å². The summed E-state index contributed by atoms with van der Waals surface area (Å²) in [6.45, 7) is 12.3. The van der Waals surface area contributed by atoms with Crippen molar-refractivity contribution in [3.63, 3.8) is 0 Å². The molecule has 17 heavy (non-hydrogen) atoms. The van der Waals surface area contributed by atoms with Crippen molar-refractivity contribution in [2.45, 2.75) is 38.9 Å². The van der Waals surface area contributed by atoms with Crippen LogP contribution in [-0.4, -0.2) is 50.7 Å². The zero-order chi connectivity index (χ0) is 13.7. The van der Waals surface area contributed by atoms with Gasteiger partial charge in [-0.25, -0.2) is 4.79 Å². The van der Waals surface area contributed by atoms with Gasteiger partial charge >= 0.3 is 6.09 Å². The molecule has 0 fully saturated rings. The molecule has 1 amide bonds. The van der Waals surface area contributed by atoms with E-state index in [2.05, 4.69) is 33.9 Å². The molecule has 0 aromatic rings. The van der Waals surface area contributed by atoms with Gasteiger partial charge in [0.1, 0.15) is 0 Å². The Labute approximate surface area is 105 Å². The highest BCUT2D eigenvalue weighted by molar-refractivity contribution is 6.74. The highest BCUT2D eigenvalue weighted by Gasteiger charge is 2.37. The van der Waals surface area contributed by atoms with Gasteiger partial charge in [0.2, 0.25) is 0 Å². The van der Waals surface area contributed by atoms with Crippen LogP contribution in [0.5, 0.6) is 0 Å². The minimum atomic E-state index is -1.78. The molecule has 0 spiro atoms. The van der Waals surface area contributed by atoms with Gasteiger partial charge in [-0.15, -0.1) is 0 Å². The van der Waals surface area contributed by atoms with E-state index in [1.165, 1.54) is 4.90 Å². The molecule has 3 N–H and O–H groups in total. The topological polar surface area (TPSA) is 75.8 Å². The van der Waals surface area contributed by atoms with Crippen LogP contribution in [0.25, 0.3) is 0 Å². The maximum atomic E-state index is 10.9. The maximum Gasteiger partial charge on any atom is 0.407 e. The van der Waals surface area contributed by atoms with E-state index in [1.54, 1.807) is 0 Å². The number of carboxylic acid groups (broad SMARTS) is 1. The Kier molecular flexibility index (Phi) is 6.15. The molecule has 0 rings (SSSR count). The second-order valence-corrected chi connectivity index (χ2v) is 10.5. The van der Waals surface area contributed by atoms with Gasteiger partial charge in [-0.3, -0.25) is 0 Å². The normalized spacial score (nSPS) is 12.6. The Bertz CT molecular complexity index is 252. The molecule has 5 nitrogen and oxygen atoms in total. The Morgan fingerprint density at radius 1 is 1.35 bits per heavy atom. The van der Waals surface area contributed by atoms with E-state index in [4.69, 9.17) is 15.3 Å². The lowest BCUT2D eigenvalue weighted by atomic mass is 10.2. The number of amides is 1. The first kappa shape index (κ1) is 16.4. The summed E-state index contributed by atoms with van der Waals surface area (Å²) in [4.78, 5) is 12.2. The fourth-order valence-electron chi connectivity index (χ4n) is 1.09. The number of carbonyl (C=O) groups is 1. The molecule has 0 atom stereocenters. The maximum absolute atomic E-state index is 10.9. The van der Waals surface area contributed by atoms with E-state index in [0.717, 1.165) is 0 Å². The molecule has 0 heterocycles. The number of hydrogen-bond acceptors (Lipinski definition) is 3. The van der Waals surface area contributed by atoms with E-state index < -0.39 is 14.4 Å². The van der Waals surface area contributed by atoms with Crippen LogP contribution in [-0.2, 0) is 4.43 Å². The van der Waals surface area contributed by atoms with Crippen molar-refractivity contribution in [2.75, 3.05) is 26.2 Å². The van der Waals surface area contributed by atoms with Crippen LogP contribution in [0.2, 0.25) is 18.1 Å². The third-order valence-electron chi connectivity index (χ3n) is 3.30. The SMILES string of the molecule is CC(C)(C)[Si](C)(C)OCCN(CCN)C(=O)O. The standard InChI is InChI=1S/C11H26N2O3Si/c1-11(2,3)17(4,5)16-9-8-13(7-6-12)10(14)15/h6-9,12H2,1-5H3,(H,14,15). The molecule has 0 aliphatic rings. The second-order valence-electron chi connectivity index (χ2n) is 5.67. The summed E-state index contributed by atoms with van der Waals surface area (Å²) in [7, 11) is -1.78.